The van der Waals surface area contributed by atoms with E-state index in [1.807, 2.05) is 0 Å². The summed E-state index contributed by atoms with van der Waals surface area (Å²) in [5, 5.41) is 6.16. The number of thiocarbonyl (C=S) groups is 1. The molecule has 2 N–H and O–H groups in total. The minimum atomic E-state index is -0.775. The highest BCUT2D eigenvalue weighted by Gasteiger charge is 2.12. The highest BCUT2D eigenvalue weighted by Crippen LogP contribution is 2.30. The minimum absolute atomic E-state index is 0.0204. The highest BCUT2D eigenvalue weighted by molar-refractivity contribution is 9.10. The van der Waals surface area contributed by atoms with Crippen LogP contribution in [-0.4, -0.2) is 5.11 Å². The Morgan fingerprint density at radius 1 is 1.14 bits per heavy atom. The summed E-state index contributed by atoms with van der Waals surface area (Å²) < 4.78 is 26.9. The van der Waals surface area contributed by atoms with Gasteiger partial charge in [0.25, 0.3) is 0 Å². The van der Waals surface area contributed by atoms with E-state index in [0.29, 0.717) is 15.7 Å². The van der Waals surface area contributed by atoms with E-state index in [1.165, 1.54) is 0 Å². The second-order valence-corrected chi connectivity index (χ2v) is 5.97. The van der Waals surface area contributed by atoms with Crippen molar-refractivity contribution in [1.82, 2.24) is 0 Å². The third-order valence-electron chi connectivity index (χ3n) is 2.45. The van der Waals surface area contributed by atoms with E-state index in [9.17, 15) is 8.78 Å². The Morgan fingerprint density at radius 3 is 2.52 bits per heavy atom. The predicted octanol–water partition coefficient (Wildman–Crippen LogP) is 5.84. The van der Waals surface area contributed by atoms with Crippen molar-refractivity contribution in [3.63, 3.8) is 0 Å². The monoisotopic (exact) mass is 410 g/mol. The standard InChI is InChI=1S/C13H7BrCl2F2N2S/c14-7-4-6(17)5-9(18)12(7)20-13(21)19-10-3-1-2-8(15)11(10)16/h1-5H,(H2,19,20,21). The fourth-order valence-corrected chi connectivity index (χ4v) is 2.60. The molecule has 0 unspecified atom stereocenters. The van der Waals surface area contributed by atoms with Crippen molar-refractivity contribution >= 4 is 67.8 Å². The lowest BCUT2D eigenvalue weighted by molar-refractivity contribution is 0.585. The molecule has 0 aliphatic carbocycles. The molecule has 0 amide bonds. The SMILES string of the molecule is Fc1cc(F)c(NC(=S)Nc2cccc(Cl)c2Cl)c(Br)c1. The first kappa shape index (κ1) is 16.4. The normalized spacial score (nSPS) is 10.3. The van der Waals surface area contributed by atoms with E-state index in [1.54, 1.807) is 18.2 Å². The molecule has 0 atom stereocenters. The predicted molar refractivity (Wildman–Crippen MR) is 90.4 cm³/mol. The molecule has 0 heterocycles. The lowest BCUT2D eigenvalue weighted by Gasteiger charge is -2.14. The van der Waals surface area contributed by atoms with Crippen molar-refractivity contribution in [2.75, 3.05) is 10.6 Å². The molecule has 110 valence electrons. The van der Waals surface area contributed by atoms with Gasteiger partial charge in [-0.15, -0.1) is 0 Å². The molecule has 0 fully saturated rings. The lowest BCUT2D eigenvalue weighted by atomic mass is 10.3. The van der Waals surface area contributed by atoms with E-state index in [2.05, 4.69) is 26.6 Å². The van der Waals surface area contributed by atoms with Gasteiger partial charge in [-0.05, 0) is 46.3 Å². The molecule has 0 aliphatic heterocycles. The van der Waals surface area contributed by atoms with Crippen LogP contribution in [0.1, 0.15) is 0 Å². The zero-order valence-corrected chi connectivity index (χ0v) is 14.1. The molecule has 2 aromatic rings. The minimum Gasteiger partial charge on any atom is -0.331 e. The number of hydrogen-bond acceptors (Lipinski definition) is 1. The van der Waals surface area contributed by atoms with E-state index in [4.69, 9.17) is 35.4 Å². The van der Waals surface area contributed by atoms with Gasteiger partial charge in [0.2, 0.25) is 0 Å². The van der Waals surface area contributed by atoms with Crippen LogP contribution in [0.4, 0.5) is 20.2 Å². The van der Waals surface area contributed by atoms with Gasteiger partial charge in [-0.25, -0.2) is 8.78 Å². The summed E-state index contributed by atoms with van der Waals surface area (Å²) in [5.74, 6) is -1.47. The maximum atomic E-state index is 13.7. The molecule has 21 heavy (non-hydrogen) atoms. The van der Waals surface area contributed by atoms with Crippen LogP contribution in [-0.2, 0) is 0 Å². The quantitative estimate of drug-likeness (QED) is 0.606. The third-order valence-corrected chi connectivity index (χ3v) is 4.09. The van der Waals surface area contributed by atoms with E-state index >= 15 is 0 Å². The summed E-state index contributed by atoms with van der Waals surface area (Å²) >= 11 is 20.0. The van der Waals surface area contributed by atoms with Gasteiger partial charge >= 0.3 is 0 Å². The zero-order chi connectivity index (χ0) is 15.6. The molecule has 8 heteroatoms. The number of hydrogen-bond donors (Lipinski definition) is 2. The lowest BCUT2D eigenvalue weighted by Crippen LogP contribution is -2.20. The largest absolute Gasteiger partial charge is 0.331 e. The van der Waals surface area contributed by atoms with Gasteiger partial charge in [-0.2, -0.15) is 0 Å². The maximum Gasteiger partial charge on any atom is 0.175 e. The second kappa shape index (κ2) is 6.87. The number of benzene rings is 2. The summed E-state index contributed by atoms with van der Waals surface area (Å²) in [7, 11) is 0. The molecule has 0 radical (unpaired) electrons. The van der Waals surface area contributed by atoms with Crippen molar-refractivity contribution in [3.8, 4) is 0 Å². The van der Waals surface area contributed by atoms with Crippen LogP contribution in [0.5, 0.6) is 0 Å². The number of rotatable bonds is 2. The molecule has 0 aromatic heterocycles. The van der Waals surface area contributed by atoms with Gasteiger partial charge in [0.1, 0.15) is 5.82 Å². The van der Waals surface area contributed by atoms with Crippen LogP contribution in [0.25, 0.3) is 0 Å². The smallest absolute Gasteiger partial charge is 0.175 e. The molecule has 0 aliphatic rings. The van der Waals surface area contributed by atoms with Crippen LogP contribution in [0.15, 0.2) is 34.8 Å². The zero-order valence-electron chi connectivity index (χ0n) is 10.2. The van der Waals surface area contributed by atoms with Gasteiger partial charge in [-0.1, -0.05) is 29.3 Å². The molecule has 0 saturated carbocycles. The van der Waals surface area contributed by atoms with E-state index < -0.39 is 11.6 Å². The van der Waals surface area contributed by atoms with Crippen molar-refractivity contribution in [1.29, 1.82) is 0 Å². The molecule has 2 rings (SSSR count). The van der Waals surface area contributed by atoms with Crippen LogP contribution in [0, 0.1) is 11.6 Å². The summed E-state index contributed by atoms with van der Waals surface area (Å²) in [6.45, 7) is 0. The molecular weight excluding hydrogens is 405 g/mol. The summed E-state index contributed by atoms with van der Waals surface area (Å²) in [6.07, 6.45) is 0. The van der Waals surface area contributed by atoms with Crippen LogP contribution in [0.2, 0.25) is 10.0 Å². The topological polar surface area (TPSA) is 24.1 Å². The highest BCUT2D eigenvalue weighted by atomic mass is 79.9. The van der Waals surface area contributed by atoms with E-state index in [-0.39, 0.29) is 15.3 Å². The first-order chi connectivity index (χ1) is 9.88. The third kappa shape index (κ3) is 4.03. The summed E-state index contributed by atoms with van der Waals surface area (Å²) in [6, 6.07) is 6.86. The maximum absolute atomic E-state index is 13.7. The Morgan fingerprint density at radius 2 is 1.86 bits per heavy atom. The van der Waals surface area contributed by atoms with Gasteiger partial charge in [0.05, 0.1) is 21.4 Å². The van der Waals surface area contributed by atoms with Crippen LogP contribution in [0.3, 0.4) is 0 Å². The molecule has 2 nitrogen and oxygen atoms in total. The van der Waals surface area contributed by atoms with Gasteiger partial charge in [0, 0.05) is 10.5 Å². The first-order valence-corrected chi connectivity index (χ1v) is 7.50. The fraction of sp³-hybridized carbons (Fsp3) is 0. The van der Waals surface area contributed by atoms with Crippen LogP contribution >= 0.6 is 51.3 Å². The van der Waals surface area contributed by atoms with Crippen LogP contribution < -0.4 is 10.6 Å². The Balaban J connectivity index is 2.18. The van der Waals surface area contributed by atoms with Crippen molar-refractivity contribution in [2.45, 2.75) is 0 Å². The Hall–Kier alpha value is -0.950. The second-order valence-electron chi connectivity index (χ2n) is 3.92. The molecular formula is C13H7BrCl2F2N2S. The van der Waals surface area contributed by atoms with Crippen molar-refractivity contribution in [3.05, 3.63) is 56.5 Å². The average Bonchev–Trinajstić information content (AvgIpc) is 2.39. The number of halogens is 5. The number of nitrogens with one attached hydrogen (secondary N) is 2. The molecule has 0 bridgehead atoms. The van der Waals surface area contributed by atoms with Gasteiger partial charge in [0.15, 0.2) is 10.9 Å². The molecule has 0 saturated heterocycles. The van der Waals surface area contributed by atoms with Gasteiger partial charge < -0.3 is 10.6 Å². The Labute approximate surface area is 143 Å². The summed E-state index contributed by atoms with van der Waals surface area (Å²) in [4.78, 5) is 0. The van der Waals surface area contributed by atoms with Gasteiger partial charge in [-0.3, -0.25) is 0 Å². The molecule has 0 spiro atoms. The van der Waals surface area contributed by atoms with Crippen molar-refractivity contribution < 1.29 is 8.78 Å². The summed E-state index contributed by atoms with van der Waals surface area (Å²) in [5.41, 5.74) is 0.493. The Kier molecular flexibility index (Phi) is 5.37. The van der Waals surface area contributed by atoms with Crippen molar-refractivity contribution in [2.24, 2.45) is 0 Å². The first-order valence-electron chi connectivity index (χ1n) is 5.55. The average molecular weight is 412 g/mol. The number of anilines is 2. The molecule has 2 aromatic carbocycles. The Bertz CT molecular complexity index is 690. The fourth-order valence-electron chi connectivity index (χ4n) is 1.53. The van der Waals surface area contributed by atoms with E-state index in [0.717, 1.165) is 12.1 Å².